The second-order valence-electron chi connectivity index (χ2n) is 5.10. The molecule has 0 bridgehead atoms. The van der Waals surface area contributed by atoms with Gasteiger partial charge in [-0.3, -0.25) is 9.59 Å². The van der Waals surface area contributed by atoms with Crippen molar-refractivity contribution in [3.8, 4) is 0 Å². The van der Waals surface area contributed by atoms with Crippen LogP contribution in [0.3, 0.4) is 0 Å². The lowest BCUT2D eigenvalue weighted by molar-refractivity contribution is -0.123. The number of H-pyrrole nitrogens is 1. The van der Waals surface area contributed by atoms with Crippen LogP contribution in [-0.4, -0.2) is 40.8 Å². The van der Waals surface area contributed by atoms with E-state index in [2.05, 4.69) is 10.3 Å². The molecule has 5 nitrogen and oxygen atoms in total. The monoisotopic (exact) mass is 247 g/mol. The Morgan fingerprint density at radius 3 is 3.06 bits per heavy atom. The van der Waals surface area contributed by atoms with Crippen LogP contribution in [0.4, 0.5) is 0 Å². The number of carbonyl (C=O) groups excluding carboxylic acids is 2. The predicted molar refractivity (Wildman–Crippen MR) is 66.1 cm³/mol. The normalized spacial score (nSPS) is 26.9. The van der Waals surface area contributed by atoms with Gasteiger partial charge in [-0.1, -0.05) is 0 Å². The number of piperidine rings is 1. The van der Waals surface area contributed by atoms with E-state index in [1.165, 1.54) is 0 Å². The number of nitrogens with zero attached hydrogens (tertiary/aromatic N) is 1. The van der Waals surface area contributed by atoms with E-state index in [9.17, 15) is 9.59 Å². The number of aryl methyl sites for hydroxylation is 1. The average molecular weight is 247 g/mol. The van der Waals surface area contributed by atoms with Crippen molar-refractivity contribution in [2.75, 3.05) is 13.1 Å². The van der Waals surface area contributed by atoms with E-state index in [1.54, 1.807) is 6.20 Å². The van der Waals surface area contributed by atoms with Crippen molar-refractivity contribution < 1.29 is 9.59 Å². The fraction of sp³-hybridized carbons (Fsp3) is 0.538. The molecule has 2 fully saturated rings. The number of rotatable bonds is 1. The van der Waals surface area contributed by atoms with Gasteiger partial charge >= 0.3 is 0 Å². The summed E-state index contributed by atoms with van der Waals surface area (Å²) in [6.45, 7) is 3.26. The van der Waals surface area contributed by atoms with Gasteiger partial charge in [-0.2, -0.15) is 0 Å². The van der Waals surface area contributed by atoms with Crippen molar-refractivity contribution >= 4 is 11.8 Å². The molecule has 2 saturated heterocycles. The molecule has 3 rings (SSSR count). The summed E-state index contributed by atoms with van der Waals surface area (Å²) in [5, 5.41) is 2.86. The summed E-state index contributed by atoms with van der Waals surface area (Å²) in [6, 6.07) is 1.92. The van der Waals surface area contributed by atoms with Crippen LogP contribution >= 0.6 is 0 Å². The lowest BCUT2D eigenvalue weighted by Crippen LogP contribution is -2.48. The number of hydrogen-bond donors (Lipinski definition) is 2. The van der Waals surface area contributed by atoms with Crippen LogP contribution in [0.1, 0.15) is 28.9 Å². The molecule has 0 unspecified atom stereocenters. The molecule has 2 N–H and O–H groups in total. The smallest absolute Gasteiger partial charge is 0.270 e. The van der Waals surface area contributed by atoms with E-state index in [0.717, 1.165) is 24.9 Å². The van der Waals surface area contributed by atoms with Gasteiger partial charge in [0, 0.05) is 19.3 Å². The molecule has 1 aromatic heterocycles. The summed E-state index contributed by atoms with van der Waals surface area (Å²) in [7, 11) is 0. The second-order valence-corrected chi connectivity index (χ2v) is 5.10. The fourth-order valence-electron chi connectivity index (χ4n) is 3.02. The van der Waals surface area contributed by atoms with Gasteiger partial charge in [-0.15, -0.1) is 0 Å². The summed E-state index contributed by atoms with van der Waals surface area (Å²) < 4.78 is 0. The first kappa shape index (κ1) is 11.3. The fourth-order valence-corrected chi connectivity index (χ4v) is 3.02. The number of amides is 2. The highest BCUT2D eigenvalue weighted by Crippen LogP contribution is 2.28. The molecule has 2 aliphatic heterocycles. The van der Waals surface area contributed by atoms with Crippen molar-refractivity contribution in [3.63, 3.8) is 0 Å². The third-order valence-corrected chi connectivity index (χ3v) is 4.03. The van der Waals surface area contributed by atoms with E-state index >= 15 is 0 Å². The number of carbonyl (C=O) groups is 2. The van der Waals surface area contributed by atoms with Crippen molar-refractivity contribution in [2.45, 2.75) is 25.8 Å². The summed E-state index contributed by atoms with van der Waals surface area (Å²) in [6.07, 6.45) is 3.58. The molecule has 18 heavy (non-hydrogen) atoms. The Hall–Kier alpha value is -1.78. The van der Waals surface area contributed by atoms with Crippen LogP contribution in [0.2, 0.25) is 0 Å². The summed E-state index contributed by atoms with van der Waals surface area (Å²) >= 11 is 0. The Balaban J connectivity index is 1.86. The van der Waals surface area contributed by atoms with Gasteiger partial charge in [0.25, 0.3) is 5.91 Å². The van der Waals surface area contributed by atoms with E-state index in [1.807, 2.05) is 17.9 Å². The van der Waals surface area contributed by atoms with Crippen LogP contribution < -0.4 is 5.32 Å². The molecule has 0 aliphatic carbocycles. The Morgan fingerprint density at radius 2 is 2.33 bits per heavy atom. The molecule has 2 atom stereocenters. The predicted octanol–water partition coefficient (Wildman–Crippen LogP) is 0.674. The Labute approximate surface area is 106 Å². The molecule has 5 heteroatoms. The lowest BCUT2D eigenvalue weighted by atomic mass is 9.91. The number of hydrogen-bond acceptors (Lipinski definition) is 2. The topological polar surface area (TPSA) is 65.2 Å². The van der Waals surface area contributed by atoms with Crippen molar-refractivity contribution in [1.29, 1.82) is 0 Å². The zero-order chi connectivity index (χ0) is 12.7. The largest absolute Gasteiger partial charge is 0.357 e. The highest BCUT2D eigenvalue weighted by Gasteiger charge is 2.43. The molecule has 2 aliphatic rings. The SMILES string of the molecule is Cc1cc[nH]c1C(=O)N1CCC[C@H]2C(=O)NC[C@H]21. The molecule has 96 valence electrons. The second kappa shape index (κ2) is 4.15. The Morgan fingerprint density at radius 1 is 1.50 bits per heavy atom. The molecule has 0 spiro atoms. The number of nitrogens with one attached hydrogen (secondary N) is 2. The molecule has 2 amide bonds. The average Bonchev–Trinajstić information content (AvgIpc) is 2.95. The first-order valence-corrected chi connectivity index (χ1v) is 6.41. The highest BCUT2D eigenvalue weighted by atomic mass is 16.2. The Kier molecular flexibility index (Phi) is 2.61. The molecule has 0 radical (unpaired) electrons. The van der Waals surface area contributed by atoms with Gasteiger partial charge in [0.2, 0.25) is 5.91 Å². The van der Waals surface area contributed by atoms with Gasteiger partial charge in [0.05, 0.1) is 12.0 Å². The minimum atomic E-state index is -0.0158. The minimum Gasteiger partial charge on any atom is -0.357 e. The van der Waals surface area contributed by atoms with E-state index in [0.29, 0.717) is 12.2 Å². The molecule has 3 heterocycles. The van der Waals surface area contributed by atoms with Crippen molar-refractivity contribution in [2.24, 2.45) is 5.92 Å². The molecule has 1 aromatic rings. The summed E-state index contributed by atoms with van der Waals surface area (Å²) in [5.41, 5.74) is 1.61. The maximum atomic E-state index is 12.5. The molecular formula is C13H17N3O2. The van der Waals surface area contributed by atoms with Gasteiger partial charge < -0.3 is 15.2 Å². The van der Waals surface area contributed by atoms with Gasteiger partial charge in [0.15, 0.2) is 0 Å². The summed E-state index contributed by atoms with van der Waals surface area (Å²) in [5.74, 6) is 0.0994. The van der Waals surface area contributed by atoms with Gasteiger partial charge in [-0.25, -0.2) is 0 Å². The van der Waals surface area contributed by atoms with Gasteiger partial charge in [0.1, 0.15) is 5.69 Å². The molecule has 0 aromatic carbocycles. The third-order valence-electron chi connectivity index (χ3n) is 4.03. The molecular weight excluding hydrogens is 230 g/mol. The van der Waals surface area contributed by atoms with Crippen LogP contribution in [-0.2, 0) is 4.79 Å². The first-order chi connectivity index (χ1) is 8.68. The van der Waals surface area contributed by atoms with E-state index in [-0.39, 0.29) is 23.8 Å². The zero-order valence-electron chi connectivity index (χ0n) is 10.4. The van der Waals surface area contributed by atoms with Crippen LogP contribution in [0, 0.1) is 12.8 Å². The Bertz CT molecular complexity index is 494. The number of likely N-dealkylation sites (tertiary alicyclic amines) is 1. The number of aromatic nitrogens is 1. The molecule has 0 saturated carbocycles. The van der Waals surface area contributed by atoms with Crippen molar-refractivity contribution in [1.82, 2.24) is 15.2 Å². The van der Waals surface area contributed by atoms with Crippen LogP contribution in [0.5, 0.6) is 0 Å². The quantitative estimate of drug-likeness (QED) is 0.766. The first-order valence-electron chi connectivity index (χ1n) is 6.41. The maximum Gasteiger partial charge on any atom is 0.270 e. The standard InChI is InChI=1S/C13H17N3O2/c1-8-4-5-14-11(8)13(18)16-6-2-3-9-10(16)7-15-12(9)17/h4-5,9-10,14H,2-3,6-7H2,1H3,(H,15,17)/t9-,10-/m1/s1. The highest BCUT2D eigenvalue weighted by molar-refractivity contribution is 5.95. The lowest BCUT2D eigenvalue weighted by Gasteiger charge is -2.35. The zero-order valence-corrected chi connectivity index (χ0v) is 10.4. The van der Waals surface area contributed by atoms with E-state index in [4.69, 9.17) is 0 Å². The van der Waals surface area contributed by atoms with Gasteiger partial charge in [-0.05, 0) is 31.4 Å². The van der Waals surface area contributed by atoms with Crippen molar-refractivity contribution in [3.05, 3.63) is 23.5 Å². The maximum absolute atomic E-state index is 12.5. The van der Waals surface area contributed by atoms with Crippen LogP contribution in [0.25, 0.3) is 0 Å². The van der Waals surface area contributed by atoms with E-state index < -0.39 is 0 Å². The summed E-state index contributed by atoms with van der Waals surface area (Å²) in [4.78, 5) is 29.0. The number of fused-ring (bicyclic) bond motifs is 1. The van der Waals surface area contributed by atoms with Crippen LogP contribution in [0.15, 0.2) is 12.3 Å². The third kappa shape index (κ3) is 1.62. The minimum absolute atomic E-state index is 0.0158. The number of aromatic amines is 1.